The van der Waals surface area contributed by atoms with Crippen LogP contribution in [0.15, 0.2) is 48.5 Å². The molecule has 0 bridgehead atoms. The Morgan fingerprint density at radius 2 is 1.55 bits per heavy atom. The van der Waals surface area contributed by atoms with E-state index in [9.17, 15) is 0 Å². The van der Waals surface area contributed by atoms with E-state index in [1.165, 1.54) is 16.8 Å². The Balaban J connectivity index is 2.06. The Morgan fingerprint density at radius 3 is 2.24 bits per heavy atom. The number of rotatable bonds is 3. The van der Waals surface area contributed by atoms with Crippen molar-refractivity contribution in [2.75, 3.05) is 4.90 Å². The SMILES string of the molecule is CCCC(C)(C)N1Cc2ccccc2-c2c(nnn2C(C)(C)C)-c2ccccc21. The maximum Gasteiger partial charge on any atom is 0.123 e. The van der Waals surface area contributed by atoms with Crippen molar-refractivity contribution in [3.05, 3.63) is 54.1 Å². The van der Waals surface area contributed by atoms with E-state index < -0.39 is 0 Å². The van der Waals surface area contributed by atoms with Crippen molar-refractivity contribution < 1.29 is 0 Å². The van der Waals surface area contributed by atoms with Gasteiger partial charge in [-0.05, 0) is 52.7 Å². The van der Waals surface area contributed by atoms with Crippen molar-refractivity contribution in [3.8, 4) is 22.5 Å². The zero-order valence-corrected chi connectivity index (χ0v) is 18.5. The molecule has 0 atom stereocenters. The van der Waals surface area contributed by atoms with Crippen molar-refractivity contribution in [1.82, 2.24) is 15.0 Å². The second-order valence-electron chi connectivity index (χ2n) is 9.69. The predicted molar refractivity (Wildman–Crippen MR) is 121 cm³/mol. The van der Waals surface area contributed by atoms with Crippen molar-refractivity contribution in [1.29, 1.82) is 0 Å². The Kier molecular flexibility index (Phi) is 4.76. The van der Waals surface area contributed by atoms with E-state index in [0.717, 1.165) is 36.3 Å². The fourth-order valence-electron chi connectivity index (χ4n) is 4.52. The smallest absolute Gasteiger partial charge is 0.123 e. The molecule has 29 heavy (non-hydrogen) atoms. The van der Waals surface area contributed by atoms with Gasteiger partial charge in [-0.1, -0.05) is 61.0 Å². The monoisotopic (exact) mass is 388 g/mol. The van der Waals surface area contributed by atoms with Crippen LogP contribution >= 0.6 is 0 Å². The van der Waals surface area contributed by atoms with E-state index in [-0.39, 0.29) is 11.1 Å². The number of para-hydroxylation sites is 1. The van der Waals surface area contributed by atoms with Crippen molar-refractivity contribution in [3.63, 3.8) is 0 Å². The minimum Gasteiger partial charge on any atom is -0.362 e. The first-order valence-corrected chi connectivity index (χ1v) is 10.7. The summed E-state index contributed by atoms with van der Waals surface area (Å²) in [5.74, 6) is 0. The summed E-state index contributed by atoms with van der Waals surface area (Å²) in [6.07, 6.45) is 2.28. The van der Waals surface area contributed by atoms with E-state index in [1.807, 2.05) is 0 Å². The molecule has 152 valence electrons. The number of hydrogen-bond donors (Lipinski definition) is 0. The van der Waals surface area contributed by atoms with Crippen LogP contribution < -0.4 is 4.90 Å². The number of aromatic nitrogens is 3. The van der Waals surface area contributed by atoms with Gasteiger partial charge in [-0.3, -0.25) is 0 Å². The number of fused-ring (bicyclic) bond motifs is 5. The van der Waals surface area contributed by atoms with Crippen LogP contribution in [0.4, 0.5) is 5.69 Å². The van der Waals surface area contributed by atoms with E-state index >= 15 is 0 Å². The molecule has 1 aliphatic rings. The molecule has 0 aliphatic carbocycles. The van der Waals surface area contributed by atoms with Gasteiger partial charge in [0.2, 0.25) is 0 Å². The second kappa shape index (κ2) is 7.01. The number of benzene rings is 2. The average Bonchev–Trinajstić information content (AvgIpc) is 3.10. The number of anilines is 1. The van der Waals surface area contributed by atoms with Crippen LogP contribution in [0.5, 0.6) is 0 Å². The first-order chi connectivity index (χ1) is 13.7. The second-order valence-corrected chi connectivity index (χ2v) is 9.69. The van der Waals surface area contributed by atoms with Gasteiger partial charge in [-0.15, -0.1) is 5.10 Å². The maximum absolute atomic E-state index is 4.71. The topological polar surface area (TPSA) is 34.0 Å². The van der Waals surface area contributed by atoms with Gasteiger partial charge >= 0.3 is 0 Å². The quantitative estimate of drug-likeness (QED) is 0.530. The molecule has 2 heterocycles. The molecular weight excluding hydrogens is 356 g/mol. The summed E-state index contributed by atoms with van der Waals surface area (Å²) in [5.41, 5.74) is 6.93. The Hall–Kier alpha value is -2.62. The molecule has 1 aliphatic heterocycles. The van der Waals surface area contributed by atoms with Crippen LogP contribution in [0.1, 0.15) is 59.9 Å². The number of nitrogens with zero attached hydrogens (tertiary/aromatic N) is 4. The molecule has 0 N–H and O–H groups in total. The van der Waals surface area contributed by atoms with Gasteiger partial charge in [0, 0.05) is 28.9 Å². The molecule has 4 heteroatoms. The third kappa shape index (κ3) is 3.35. The Bertz CT molecular complexity index is 1020. The summed E-state index contributed by atoms with van der Waals surface area (Å²) in [6, 6.07) is 17.4. The molecule has 1 aromatic heterocycles. The van der Waals surface area contributed by atoms with E-state index in [2.05, 4.69) is 105 Å². The average molecular weight is 389 g/mol. The molecule has 0 radical (unpaired) electrons. The molecule has 0 spiro atoms. The van der Waals surface area contributed by atoms with Crippen molar-refractivity contribution in [2.24, 2.45) is 0 Å². The van der Waals surface area contributed by atoms with Gasteiger partial charge in [0.15, 0.2) is 0 Å². The third-order valence-corrected chi connectivity index (χ3v) is 5.95. The summed E-state index contributed by atoms with van der Waals surface area (Å²) >= 11 is 0. The summed E-state index contributed by atoms with van der Waals surface area (Å²) < 4.78 is 2.09. The lowest BCUT2D eigenvalue weighted by molar-refractivity contribution is 0.351. The van der Waals surface area contributed by atoms with Crippen molar-refractivity contribution in [2.45, 2.75) is 72.0 Å². The van der Waals surface area contributed by atoms with E-state index in [4.69, 9.17) is 5.10 Å². The fraction of sp³-hybridized carbons (Fsp3) is 0.440. The van der Waals surface area contributed by atoms with E-state index in [0.29, 0.717) is 0 Å². The van der Waals surface area contributed by atoms with Crippen LogP contribution in [0.25, 0.3) is 22.5 Å². The normalized spacial score (nSPS) is 13.9. The molecule has 0 saturated carbocycles. The molecule has 0 unspecified atom stereocenters. The largest absolute Gasteiger partial charge is 0.362 e. The molecular formula is C25H32N4. The van der Waals surface area contributed by atoms with Crippen molar-refractivity contribution >= 4 is 5.69 Å². The Labute approximate surface area is 174 Å². The molecule has 4 nitrogen and oxygen atoms in total. The lowest BCUT2D eigenvalue weighted by Gasteiger charge is -2.43. The Morgan fingerprint density at radius 1 is 0.897 bits per heavy atom. The zero-order chi connectivity index (χ0) is 20.8. The van der Waals surface area contributed by atoms with Crippen LogP contribution in [0.3, 0.4) is 0 Å². The number of hydrogen-bond acceptors (Lipinski definition) is 3. The van der Waals surface area contributed by atoms with Crippen LogP contribution in [0.2, 0.25) is 0 Å². The van der Waals surface area contributed by atoms with Gasteiger partial charge in [0.25, 0.3) is 0 Å². The highest BCUT2D eigenvalue weighted by Gasteiger charge is 2.34. The minimum atomic E-state index is -0.150. The molecule has 4 rings (SSSR count). The van der Waals surface area contributed by atoms with Gasteiger partial charge < -0.3 is 4.90 Å². The minimum absolute atomic E-state index is 0.0372. The highest BCUT2D eigenvalue weighted by Crippen LogP contribution is 2.44. The van der Waals surface area contributed by atoms with Gasteiger partial charge in [0.05, 0.1) is 11.2 Å². The first kappa shape index (κ1) is 19.7. The lowest BCUT2D eigenvalue weighted by Crippen LogP contribution is -2.44. The zero-order valence-electron chi connectivity index (χ0n) is 18.5. The van der Waals surface area contributed by atoms with Gasteiger partial charge in [0.1, 0.15) is 5.69 Å². The lowest BCUT2D eigenvalue weighted by atomic mass is 9.89. The summed E-state index contributed by atoms with van der Waals surface area (Å²) in [7, 11) is 0. The summed E-state index contributed by atoms with van der Waals surface area (Å²) in [4.78, 5) is 2.56. The highest BCUT2D eigenvalue weighted by atomic mass is 15.5. The highest BCUT2D eigenvalue weighted by molar-refractivity contribution is 5.88. The molecule has 0 amide bonds. The van der Waals surface area contributed by atoms with Gasteiger partial charge in [-0.25, -0.2) is 4.68 Å². The third-order valence-electron chi connectivity index (χ3n) is 5.95. The molecule has 2 aromatic carbocycles. The molecule has 3 aromatic rings. The molecule has 0 saturated heterocycles. The summed E-state index contributed by atoms with van der Waals surface area (Å²) in [5, 5.41) is 9.34. The predicted octanol–water partition coefficient (Wildman–Crippen LogP) is 6.27. The van der Waals surface area contributed by atoms with Gasteiger partial charge in [-0.2, -0.15) is 0 Å². The van der Waals surface area contributed by atoms with Crippen LogP contribution in [-0.4, -0.2) is 20.5 Å². The fourth-order valence-corrected chi connectivity index (χ4v) is 4.52. The summed E-state index contributed by atoms with van der Waals surface area (Å²) in [6.45, 7) is 14.4. The standard InChI is InChI=1S/C25H32N4/c1-7-16-25(5,6)28-17-18-12-8-9-13-19(18)23-22(20-14-10-11-15-21(20)28)26-27-29(23)24(2,3)4/h8-15H,7,16-17H2,1-6H3. The van der Waals surface area contributed by atoms with Crippen LogP contribution in [0, 0.1) is 0 Å². The van der Waals surface area contributed by atoms with Crippen LogP contribution in [-0.2, 0) is 12.1 Å². The maximum atomic E-state index is 4.71. The van der Waals surface area contributed by atoms with E-state index in [1.54, 1.807) is 0 Å². The first-order valence-electron chi connectivity index (χ1n) is 10.7. The molecule has 0 fully saturated rings.